The van der Waals surface area contributed by atoms with E-state index in [0.29, 0.717) is 11.7 Å². The average molecular weight is 164 g/mol. The van der Waals surface area contributed by atoms with Gasteiger partial charge in [-0.05, 0) is 56.3 Å². The fraction of sp³-hybridized carbons (Fsp3) is 1.00. The zero-order valence-electron chi connectivity index (χ0n) is 7.62. The van der Waals surface area contributed by atoms with Gasteiger partial charge in [0.25, 0.3) is 0 Å². The lowest BCUT2D eigenvalue weighted by Gasteiger charge is -2.29. The third-order valence-corrected chi connectivity index (χ3v) is 5.03. The van der Waals surface area contributed by atoms with Crippen molar-refractivity contribution in [2.24, 2.45) is 23.7 Å². The summed E-state index contributed by atoms with van der Waals surface area (Å²) >= 11 is 0. The Morgan fingerprint density at radius 1 is 1.00 bits per heavy atom. The molecule has 0 aromatic heterocycles. The lowest BCUT2D eigenvalue weighted by Crippen LogP contribution is -2.27. The van der Waals surface area contributed by atoms with Crippen LogP contribution in [0, 0.1) is 23.7 Å². The van der Waals surface area contributed by atoms with E-state index < -0.39 is 0 Å². The van der Waals surface area contributed by atoms with E-state index >= 15 is 0 Å². The SMILES string of the molecule is CC12OC1CC1CC3CC3CC12. The second-order valence-electron chi connectivity index (χ2n) is 5.62. The Morgan fingerprint density at radius 3 is 2.67 bits per heavy atom. The minimum Gasteiger partial charge on any atom is -0.366 e. The molecule has 0 amide bonds. The minimum absolute atomic E-state index is 0.359. The fourth-order valence-corrected chi connectivity index (χ4v) is 4.08. The van der Waals surface area contributed by atoms with Gasteiger partial charge in [-0.25, -0.2) is 0 Å². The summed E-state index contributed by atoms with van der Waals surface area (Å²) in [7, 11) is 0. The molecule has 1 saturated heterocycles. The zero-order valence-corrected chi connectivity index (χ0v) is 7.62. The Labute approximate surface area is 73.5 Å². The molecule has 1 heterocycles. The summed E-state index contributed by atoms with van der Waals surface area (Å²) in [5, 5.41) is 0. The van der Waals surface area contributed by atoms with Gasteiger partial charge in [0.05, 0.1) is 11.7 Å². The summed E-state index contributed by atoms with van der Waals surface area (Å²) in [6, 6.07) is 0. The molecule has 0 bridgehead atoms. The van der Waals surface area contributed by atoms with Crippen molar-refractivity contribution < 1.29 is 4.74 Å². The van der Waals surface area contributed by atoms with Crippen LogP contribution in [0.15, 0.2) is 0 Å². The van der Waals surface area contributed by atoms with Gasteiger partial charge in [-0.1, -0.05) is 0 Å². The van der Waals surface area contributed by atoms with Crippen LogP contribution in [0.3, 0.4) is 0 Å². The first-order chi connectivity index (χ1) is 5.77. The topological polar surface area (TPSA) is 12.5 Å². The van der Waals surface area contributed by atoms with Gasteiger partial charge in [-0.3, -0.25) is 0 Å². The van der Waals surface area contributed by atoms with Gasteiger partial charge in [-0.2, -0.15) is 0 Å². The smallest absolute Gasteiger partial charge is 0.0951 e. The highest BCUT2D eigenvalue weighted by Gasteiger charge is 2.68. The highest BCUT2D eigenvalue weighted by molar-refractivity contribution is 5.16. The lowest BCUT2D eigenvalue weighted by molar-refractivity contribution is 0.107. The van der Waals surface area contributed by atoms with Crippen molar-refractivity contribution in [3.63, 3.8) is 0 Å². The molecule has 3 saturated carbocycles. The van der Waals surface area contributed by atoms with Crippen LogP contribution >= 0.6 is 0 Å². The third-order valence-electron chi connectivity index (χ3n) is 5.03. The van der Waals surface area contributed by atoms with Crippen molar-refractivity contribution in [2.75, 3.05) is 0 Å². The first-order valence-corrected chi connectivity index (χ1v) is 5.45. The van der Waals surface area contributed by atoms with Gasteiger partial charge in [0.15, 0.2) is 0 Å². The molecule has 1 nitrogen and oxygen atoms in total. The number of hydrogen-bond acceptors (Lipinski definition) is 1. The Morgan fingerprint density at radius 2 is 1.75 bits per heavy atom. The van der Waals surface area contributed by atoms with E-state index in [1.54, 1.807) is 12.8 Å². The molecular formula is C11H16O. The van der Waals surface area contributed by atoms with Crippen LogP contribution in [-0.4, -0.2) is 11.7 Å². The van der Waals surface area contributed by atoms with Crippen molar-refractivity contribution in [1.82, 2.24) is 0 Å². The van der Waals surface area contributed by atoms with Gasteiger partial charge < -0.3 is 4.74 Å². The van der Waals surface area contributed by atoms with E-state index in [0.717, 1.165) is 23.7 Å². The Hall–Kier alpha value is -0.0400. The van der Waals surface area contributed by atoms with Gasteiger partial charge in [0.2, 0.25) is 0 Å². The van der Waals surface area contributed by atoms with E-state index in [1.807, 2.05) is 0 Å². The summed E-state index contributed by atoms with van der Waals surface area (Å²) in [5.41, 5.74) is 0.359. The zero-order chi connectivity index (χ0) is 7.92. The summed E-state index contributed by atoms with van der Waals surface area (Å²) < 4.78 is 5.78. The molecular weight excluding hydrogens is 148 g/mol. The Kier molecular flexibility index (Phi) is 0.863. The van der Waals surface area contributed by atoms with E-state index in [4.69, 9.17) is 4.74 Å². The number of ether oxygens (including phenoxy) is 1. The molecule has 66 valence electrons. The molecule has 0 radical (unpaired) electrons. The van der Waals surface area contributed by atoms with Crippen LogP contribution in [0.5, 0.6) is 0 Å². The molecule has 4 rings (SSSR count). The molecule has 12 heavy (non-hydrogen) atoms. The molecule has 6 unspecified atom stereocenters. The minimum atomic E-state index is 0.359. The predicted octanol–water partition coefficient (Wildman–Crippen LogP) is 2.21. The third kappa shape index (κ3) is 0.585. The Balaban J connectivity index is 1.68. The molecule has 0 aromatic rings. The molecule has 0 spiro atoms. The van der Waals surface area contributed by atoms with Gasteiger partial charge >= 0.3 is 0 Å². The number of rotatable bonds is 0. The molecule has 1 aliphatic heterocycles. The average Bonchev–Trinajstić information content (AvgIpc) is 2.88. The largest absolute Gasteiger partial charge is 0.366 e. The van der Waals surface area contributed by atoms with Crippen LogP contribution < -0.4 is 0 Å². The van der Waals surface area contributed by atoms with Crippen LogP contribution in [0.4, 0.5) is 0 Å². The van der Waals surface area contributed by atoms with Gasteiger partial charge in [0.1, 0.15) is 0 Å². The van der Waals surface area contributed by atoms with Crippen LogP contribution in [0.1, 0.15) is 32.6 Å². The lowest BCUT2D eigenvalue weighted by atomic mass is 9.77. The second kappa shape index (κ2) is 1.61. The van der Waals surface area contributed by atoms with Gasteiger partial charge in [-0.15, -0.1) is 0 Å². The van der Waals surface area contributed by atoms with Crippen LogP contribution in [-0.2, 0) is 4.74 Å². The van der Waals surface area contributed by atoms with Crippen molar-refractivity contribution in [1.29, 1.82) is 0 Å². The molecule has 4 fully saturated rings. The molecule has 6 atom stereocenters. The quantitative estimate of drug-likeness (QED) is 0.500. The molecule has 1 heteroatoms. The first-order valence-electron chi connectivity index (χ1n) is 5.45. The predicted molar refractivity (Wildman–Crippen MR) is 45.7 cm³/mol. The maximum Gasteiger partial charge on any atom is 0.0951 e. The van der Waals surface area contributed by atoms with Crippen molar-refractivity contribution >= 4 is 0 Å². The fourth-order valence-electron chi connectivity index (χ4n) is 4.08. The van der Waals surface area contributed by atoms with E-state index in [9.17, 15) is 0 Å². The van der Waals surface area contributed by atoms with Crippen LogP contribution in [0.25, 0.3) is 0 Å². The van der Waals surface area contributed by atoms with E-state index in [-0.39, 0.29) is 0 Å². The monoisotopic (exact) mass is 164 g/mol. The highest BCUT2D eigenvalue weighted by atomic mass is 16.6. The maximum absolute atomic E-state index is 5.78. The van der Waals surface area contributed by atoms with E-state index in [2.05, 4.69) is 6.92 Å². The standard InChI is InChI=1S/C11H16O/c1-11-9-4-7-2-6(7)3-8(9)5-10(11)12-11/h6-10H,2-5H2,1H3. The highest BCUT2D eigenvalue weighted by Crippen LogP contribution is 2.66. The van der Waals surface area contributed by atoms with E-state index in [1.165, 1.54) is 12.8 Å². The van der Waals surface area contributed by atoms with Crippen molar-refractivity contribution in [3.8, 4) is 0 Å². The number of hydrogen-bond donors (Lipinski definition) is 0. The molecule has 3 aliphatic carbocycles. The summed E-state index contributed by atoms with van der Waals surface area (Å²) in [5.74, 6) is 4.27. The van der Waals surface area contributed by atoms with Crippen molar-refractivity contribution in [2.45, 2.75) is 44.3 Å². The molecule has 0 aromatic carbocycles. The van der Waals surface area contributed by atoms with Crippen LogP contribution in [0.2, 0.25) is 0 Å². The summed E-state index contributed by atoms with van der Waals surface area (Å²) in [4.78, 5) is 0. The first kappa shape index (κ1) is 6.42. The normalized spacial score (nSPS) is 71.2. The second-order valence-corrected chi connectivity index (χ2v) is 5.62. The molecule has 4 aliphatic rings. The number of fused-ring (bicyclic) bond motifs is 4. The van der Waals surface area contributed by atoms with Gasteiger partial charge in [0, 0.05) is 0 Å². The maximum atomic E-state index is 5.78. The Bertz CT molecular complexity index is 247. The molecule has 0 N–H and O–H groups in total. The summed E-state index contributed by atoms with van der Waals surface area (Å²) in [6.45, 7) is 2.35. The number of epoxide rings is 1. The van der Waals surface area contributed by atoms with Crippen molar-refractivity contribution in [3.05, 3.63) is 0 Å². The summed E-state index contributed by atoms with van der Waals surface area (Å²) in [6.07, 6.45) is 6.66.